The van der Waals surface area contributed by atoms with E-state index in [0.29, 0.717) is 16.8 Å². The number of thioether (sulfide) groups is 1. The van der Waals surface area contributed by atoms with E-state index in [1.165, 1.54) is 4.68 Å². The molecule has 0 saturated carbocycles. The van der Waals surface area contributed by atoms with E-state index in [2.05, 4.69) is 21.6 Å². The highest BCUT2D eigenvalue weighted by Gasteiger charge is 2.19. The van der Waals surface area contributed by atoms with Crippen LogP contribution in [0.3, 0.4) is 0 Å². The predicted octanol–water partition coefficient (Wildman–Crippen LogP) is 3.88. The van der Waals surface area contributed by atoms with E-state index in [4.69, 9.17) is 4.42 Å². The lowest BCUT2D eigenvalue weighted by Gasteiger charge is -2.07. The predicted molar refractivity (Wildman–Crippen MR) is 124 cm³/mol. The summed E-state index contributed by atoms with van der Waals surface area (Å²) >= 11 is 1.12. The minimum atomic E-state index is -0.327. The van der Waals surface area contributed by atoms with Crippen LogP contribution in [0.2, 0.25) is 0 Å². The third-order valence-electron chi connectivity index (χ3n) is 5.02. The molecule has 0 radical (unpaired) electrons. The molecule has 1 amide bonds. The number of benzene rings is 2. The second-order valence-electron chi connectivity index (χ2n) is 7.52. The van der Waals surface area contributed by atoms with Crippen molar-refractivity contribution in [2.45, 2.75) is 26.0 Å². The van der Waals surface area contributed by atoms with E-state index in [9.17, 15) is 9.59 Å². The van der Waals surface area contributed by atoms with Gasteiger partial charge in [-0.05, 0) is 45.0 Å². The van der Waals surface area contributed by atoms with Gasteiger partial charge in [0.05, 0.1) is 17.1 Å². The molecule has 0 fully saturated rings. The number of nitrogens with zero attached hydrogens (tertiary/aromatic N) is 4. The summed E-state index contributed by atoms with van der Waals surface area (Å²) in [6.45, 7) is 5.80. The molecule has 0 bridgehead atoms. The number of para-hydroxylation sites is 1. The van der Waals surface area contributed by atoms with Gasteiger partial charge < -0.3 is 9.73 Å². The molecule has 8 nitrogen and oxygen atoms in total. The Hall–Kier alpha value is -3.59. The molecule has 164 valence electrons. The second-order valence-corrected chi connectivity index (χ2v) is 8.45. The van der Waals surface area contributed by atoms with Crippen molar-refractivity contribution in [3.05, 3.63) is 75.7 Å². The van der Waals surface area contributed by atoms with Crippen molar-refractivity contribution in [2.75, 3.05) is 11.1 Å². The fraction of sp³-hybridized carbons (Fsp3) is 0.217. The number of anilines is 1. The quantitative estimate of drug-likeness (QED) is 0.449. The van der Waals surface area contributed by atoms with Crippen LogP contribution in [-0.2, 0) is 11.8 Å². The summed E-state index contributed by atoms with van der Waals surface area (Å²) in [6.07, 6.45) is 0. The zero-order chi connectivity index (χ0) is 22.8. The first-order valence-electron chi connectivity index (χ1n) is 10.0. The standard InChI is InChI=1S/C23H23N5O3S/c1-14-10-15(2)12-17(11-14)21-25-26-23(31-21)32-13-19(29)24-20-16(3)27(4)28(22(20)30)18-8-6-5-7-9-18/h5-12H,13H2,1-4H3,(H,24,29). The van der Waals surface area contributed by atoms with Gasteiger partial charge >= 0.3 is 0 Å². The van der Waals surface area contributed by atoms with Crippen LogP contribution in [-0.4, -0.2) is 31.2 Å². The van der Waals surface area contributed by atoms with Crippen LogP contribution in [0.5, 0.6) is 0 Å². The molecule has 0 unspecified atom stereocenters. The average molecular weight is 450 g/mol. The maximum Gasteiger partial charge on any atom is 0.295 e. The van der Waals surface area contributed by atoms with Crippen LogP contribution >= 0.6 is 11.8 Å². The largest absolute Gasteiger partial charge is 0.411 e. The lowest BCUT2D eigenvalue weighted by Crippen LogP contribution is -2.23. The Bertz CT molecular complexity index is 1320. The molecule has 0 saturated heterocycles. The molecule has 4 rings (SSSR count). The maximum absolute atomic E-state index is 12.9. The van der Waals surface area contributed by atoms with Crippen LogP contribution in [0.4, 0.5) is 5.69 Å². The summed E-state index contributed by atoms with van der Waals surface area (Å²) < 4.78 is 8.94. The zero-order valence-corrected chi connectivity index (χ0v) is 19.1. The highest BCUT2D eigenvalue weighted by Crippen LogP contribution is 2.25. The zero-order valence-electron chi connectivity index (χ0n) is 18.2. The molecule has 9 heteroatoms. The normalized spacial score (nSPS) is 11.0. The van der Waals surface area contributed by atoms with Gasteiger partial charge in [0.15, 0.2) is 0 Å². The van der Waals surface area contributed by atoms with E-state index < -0.39 is 0 Å². The molecule has 2 heterocycles. The third kappa shape index (κ3) is 4.38. The van der Waals surface area contributed by atoms with Gasteiger partial charge in [-0.3, -0.25) is 14.3 Å². The molecular formula is C23H23N5O3S. The Morgan fingerprint density at radius 3 is 2.44 bits per heavy atom. The van der Waals surface area contributed by atoms with Crippen LogP contribution < -0.4 is 10.9 Å². The number of aromatic nitrogens is 4. The summed E-state index contributed by atoms with van der Waals surface area (Å²) in [6, 6.07) is 15.3. The van der Waals surface area contributed by atoms with Gasteiger partial charge in [-0.1, -0.05) is 47.2 Å². The first-order valence-corrected chi connectivity index (χ1v) is 11.0. The van der Waals surface area contributed by atoms with E-state index in [-0.39, 0.29) is 22.9 Å². The Morgan fingerprint density at radius 1 is 1.06 bits per heavy atom. The molecule has 2 aromatic carbocycles. The number of aryl methyl sites for hydroxylation is 2. The number of carbonyl (C=O) groups is 1. The number of nitrogens with one attached hydrogen (secondary N) is 1. The van der Waals surface area contributed by atoms with Gasteiger partial charge in [0.2, 0.25) is 11.8 Å². The molecule has 0 atom stereocenters. The lowest BCUT2D eigenvalue weighted by atomic mass is 10.1. The highest BCUT2D eigenvalue weighted by atomic mass is 32.2. The van der Waals surface area contributed by atoms with E-state index >= 15 is 0 Å². The van der Waals surface area contributed by atoms with E-state index in [1.807, 2.05) is 56.3 Å². The van der Waals surface area contributed by atoms with Crippen molar-refractivity contribution >= 4 is 23.4 Å². The van der Waals surface area contributed by atoms with Gasteiger partial charge in [-0.2, -0.15) is 0 Å². The lowest BCUT2D eigenvalue weighted by molar-refractivity contribution is -0.113. The SMILES string of the molecule is Cc1cc(C)cc(-c2nnc(SCC(=O)Nc3c(C)n(C)n(-c4ccccc4)c3=O)o2)c1. The third-order valence-corrected chi connectivity index (χ3v) is 5.84. The molecule has 0 aliphatic rings. The van der Waals surface area contributed by atoms with Crippen molar-refractivity contribution in [3.63, 3.8) is 0 Å². The van der Waals surface area contributed by atoms with Gasteiger partial charge in [0.1, 0.15) is 5.69 Å². The number of carbonyl (C=O) groups excluding carboxylic acids is 1. The summed E-state index contributed by atoms with van der Waals surface area (Å²) in [5, 5.41) is 11.1. The van der Waals surface area contributed by atoms with E-state index in [0.717, 1.165) is 34.1 Å². The van der Waals surface area contributed by atoms with Gasteiger partial charge in [0, 0.05) is 12.6 Å². The minimum Gasteiger partial charge on any atom is -0.411 e. The monoisotopic (exact) mass is 449 g/mol. The van der Waals surface area contributed by atoms with Crippen LogP contribution in [0.1, 0.15) is 16.8 Å². The number of rotatable bonds is 6. The van der Waals surface area contributed by atoms with Crippen molar-refractivity contribution in [1.82, 2.24) is 19.6 Å². The molecule has 0 aliphatic heterocycles. The van der Waals surface area contributed by atoms with E-state index in [1.54, 1.807) is 18.7 Å². The molecule has 0 aliphatic carbocycles. The highest BCUT2D eigenvalue weighted by molar-refractivity contribution is 7.99. The number of hydrogen-bond donors (Lipinski definition) is 1. The van der Waals surface area contributed by atoms with Gasteiger partial charge in [-0.25, -0.2) is 4.68 Å². The minimum absolute atomic E-state index is 0.0353. The molecule has 32 heavy (non-hydrogen) atoms. The number of amides is 1. The van der Waals surface area contributed by atoms with Crippen LogP contribution in [0.15, 0.2) is 63.0 Å². The first kappa shape index (κ1) is 21.6. The number of hydrogen-bond acceptors (Lipinski definition) is 6. The van der Waals surface area contributed by atoms with Crippen LogP contribution in [0, 0.1) is 20.8 Å². The molecular weight excluding hydrogens is 426 g/mol. The first-order chi connectivity index (χ1) is 15.3. The van der Waals surface area contributed by atoms with Crippen LogP contribution in [0.25, 0.3) is 17.1 Å². The topological polar surface area (TPSA) is 95.0 Å². The summed E-state index contributed by atoms with van der Waals surface area (Å²) in [5.41, 5.74) is 4.40. The molecule has 0 spiro atoms. The van der Waals surface area contributed by atoms with Crippen molar-refractivity contribution in [1.29, 1.82) is 0 Å². The summed E-state index contributed by atoms with van der Waals surface area (Å²) in [7, 11) is 1.78. The van der Waals surface area contributed by atoms with Crippen molar-refractivity contribution in [3.8, 4) is 17.1 Å². The Balaban J connectivity index is 1.45. The molecule has 4 aromatic rings. The van der Waals surface area contributed by atoms with Gasteiger partial charge in [0.25, 0.3) is 10.8 Å². The second kappa shape index (κ2) is 8.88. The average Bonchev–Trinajstić information content (AvgIpc) is 3.32. The fourth-order valence-corrected chi connectivity index (χ4v) is 4.06. The fourth-order valence-electron chi connectivity index (χ4n) is 3.50. The van der Waals surface area contributed by atoms with Crippen molar-refractivity contribution in [2.24, 2.45) is 7.05 Å². The van der Waals surface area contributed by atoms with Gasteiger partial charge in [-0.15, -0.1) is 10.2 Å². The summed E-state index contributed by atoms with van der Waals surface area (Å²) in [4.78, 5) is 25.4. The Labute approximate surface area is 189 Å². The molecule has 2 aromatic heterocycles. The van der Waals surface area contributed by atoms with Crippen molar-refractivity contribution < 1.29 is 9.21 Å². The smallest absolute Gasteiger partial charge is 0.295 e. The maximum atomic E-state index is 12.9. The molecule has 1 N–H and O–H groups in total. The Morgan fingerprint density at radius 2 is 1.75 bits per heavy atom. The Kier molecular flexibility index (Phi) is 6.00. The summed E-state index contributed by atoms with van der Waals surface area (Å²) in [5.74, 6) is 0.115.